The lowest BCUT2D eigenvalue weighted by Gasteiger charge is -2.18. The van der Waals surface area contributed by atoms with E-state index in [4.69, 9.17) is 4.74 Å². The second kappa shape index (κ2) is 10.7. The van der Waals surface area contributed by atoms with Crippen LogP contribution in [0.2, 0.25) is 0 Å². The Labute approximate surface area is 163 Å². The highest BCUT2D eigenvalue weighted by atomic mass is 16.5. The summed E-state index contributed by atoms with van der Waals surface area (Å²) >= 11 is 0. The van der Waals surface area contributed by atoms with E-state index in [1.54, 1.807) is 43.5 Å². The summed E-state index contributed by atoms with van der Waals surface area (Å²) in [6.45, 7) is 12.1. The van der Waals surface area contributed by atoms with E-state index in [1.807, 2.05) is 12.1 Å². The fourth-order valence-electron chi connectivity index (χ4n) is 2.28. The van der Waals surface area contributed by atoms with Gasteiger partial charge in [-0.15, -0.1) is 0 Å². The monoisotopic (exact) mass is 367 g/mol. The standard InChI is InChI=1S/C20H22O3.C4H9/c1-20(2,3)16-9-5-14(6-10-16)18(21)13-19(22)15-7-11-17(23-4)12-8-15;1-3-4-2/h5-12H,13H2,1-4H3;1,3-4H2,2H3. The first-order valence-electron chi connectivity index (χ1n) is 9.33. The van der Waals surface area contributed by atoms with Gasteiger partial charge in [0.2, 0.25) is 0 Å². The zero-order valence-corrected chi connectivity index (χ0v) is 17.2. The number of ketones is 2. The van der Waals surface area contributed by atoms with Gasteiger partial charge in [0.1, 0.15) is 5.75 Å². The number of ether oxygens (including phenoxy) is 1. The first kappa shape index (κ1) is 22.6. The maximum atomic E-state index is 12.3. The van der Waals surface area contributed by atoms with Gasteiger partial charge in [0.05, 0.1) is 13.5 Å². The van der Waals surface area contributed by atoms with Gasteiger partial charge in [-0.1, -0.05) is 71.7 Å². The van der Waals surface area contributed by atoms with Crippen LogP contribution < -0.4 is 4.74 Å². The first-order chi connectivity index (χ1) is 12.7. The molecule has 0 fully saturated rings. The summed E-state index contributed by atoms with van der Waals surface area (Å²) in [7, 11) is 1.57. The van der Waals surface area contributed by atoms with Gasteiger partial charge in [0.15, 0.2) is 11.6 Å². The Kier molecular flexibility index (Phi) is 8.93. The van der Waals surface area contributed by atoms with E-state index in [1.165, 1.54) is 6.42 Å². The molecule has 0 amide bonds. The molecule has 0 unspecified atom stereocenters. The first-order valence-corrected chi connectivity index (χ1v) is 9.33. The molecular formula is C24H31O3. The lowest BCUT2D eigenvalue weighted by atomic mass is 9.86. The zero-order valence-electron chi connectivity index (χ0n) is 17.2. The number of hydrogen-bond acceptors (Lipinski definition) is 3. The molecular weight excluding hydrogens is 336 g/mol. The highest BCUT2D eigenvalue weighted by Gasteiger charge is 2.16. The van der Waals surface area contributed by atoms with Crippen LogP contribution in [-0.2, 0) is 5.41 Å². The number of carbonyl (C=O) groups excluding carboxylic acids is 2. The van der Waals surface area contributed by atoms with Gasteiger partial charge in [-0.05, 0) is 35.2 Å². The van der Waals surface area contributed by atoms with E-state index < -0.39 is 0 Å². The van der Waals surface area contributed by atoms with Crippen LogP contribution >= 0.6 is 0 Å². The van der Waals surface area contributed by atoms with Crippen molar-refractivity contribution >= 4 is 11.6 Å². The van der Waals surface area contributed by atoms with E-state index in [9.17, 15) is 9.59 Å². The average molecular weight is 368 g/mol. The number of methoxy groups -OCH3 is 1. The van der Waals surface area contributed by atoms with E-state index in [0.717, 1.165) is 12.0 Å². The predicted octanol–water partition coefficient (Wildman–Crippen LogP) is 6.07. The van der Waals surface area contributed by atoms with Crippen molar-refractivity contribution in [2.24, 2.45) is 0 Å². The minimum atomic E-state index is -0.183. The van der Waals surface area contributed by atoms with Crippen LogP contribution in [0.5, 0.6) is 5.75 Å². The average Bonchev–Trinajstić information content (AvgIpc) is 2.67. The molecule has 0 aliphatic carbocycles. The molecule has 0 N–H and O–H groups in total. The van der Waals surface area contributed by atoms with Crippen molar-refractivity contribution in [2.75, 3.05) is 7.11 Å². The molecule has 3 nitrogen and oxygen atoms in total. The fourth-order valence-corrected chi connectivity index (χ4v) is 2.28. The molecule has 0 aliphatic heterocycles. The van der Waals surface area contributed by atoms with Crippen molar-refractivity contribution in [3.63, 3.8) is 0 Å². The normalized spacial score (nSPS) is 10.6. The Bertz CT molecular complexity index is 718. The lowest BCUT2D eigenvalue weighted by Crippen LogP contribution is -2.12. The summed E-state index contributed by atoms with van der Waals surface area (Å²) in [6.07, 6.45) is 2.15. The molecule has 0 bridgehead atoms. The second-order valence-corrected chi connectivity index (χ2v) is 7.43. The van der Waals surface area contributed by atoms with Gasteiger partial charge >= 0.3 is 0 Å². The molecule has 3 heteroatoms. The fraction of sp³-hybridized carbons (Fsp3) is 0.375. The molecule has 0 aromatic heterocycles. The smallest absolute Gasteiger partial charge is 0.170 e. The molecule has 27 heavy (non-hydrogen) atoms. The van der Waals surface area contributed by atoms with Crippen LogP contribution in [0.4, 0.5) is 0 Å². The number of hydrogen-bond donors (Lipinski definition) is 0. The molecule has 0 saturated heterocycles. The van der Waals surface area contributed by atoms with Gasteiger partial charge < -0.3 is 4.74 Å². The van der Waals surface area contributed by atoms with E-state index in [2.05, 4.69) is 34.6 Å². The largest absolute Gasteiger partial charge is 0.497 e. The Morgan fingerprint density at radius 2 is 1.30 bits per heavy atom. The summed E-state index contributed by atoms with van der Waals surface area (Å²) in [4.78, 5) is 24.5. The highest BCUT2D eigenvalue weighted by Crippen LogP contribution is 2.22. The quantitative estimate of drug-likeness (QED) is 0.460. The van der Waals surface area contributed by atoms with Crippen LogP contribution in [0.1, 0.15) is 73.2 Å². The molecule has 0 aliphatic rings. The van der Waals surface area contributed by atoms with Crippen LogP contribution in [0.3, 0.4) is 0 Å². The minimum Gasteiger partial charge on any atom is -0.497 e. The lowest BCUT2D eigenvalue weighted by molar-refractivity contribution is 0.0894. The molecule has 0 heterocycles. The Hall–Kier alpha value is -2.42. The third-order valence-electron chi connectivity index (χ3n) is 4.16. The summed E-state index contributed by atoms with van der Waals surface area (Å²) in [5.74, 6) is 0.342. The topological polar surface area (TPSA) is 43.4 Å². The van der Waals surface area contributed by atoms with E-state index >= 15 is 0 Å². The Morgan fingerprint density at radius 3 is 1.63 bits per heavy atom. The molecule has 2 aromatic carbocycles. The summed E-state index contributed by atoms with van der Waals surface area (Å²) in [5, 5.41) is 0. The van der Waals surface area contributed by atoms with Gasteiger partial charge in [0, 0.05) is 11.1 Å². The second-order valence-electron chi connectivity index (χ2n) is 7.43. The molecule has 2 aromatic rings. The van der Waals surface area contributed by atoms with Gasteiger partial charge in [-0.2, -0.15) is 0 Å². The summed E-state index contributed by atoms with van der Waals surface area (Å²) < 4.78 is 5.06. The van der Waals surface area contributed by atoms with Crippen molar-refractivity contribution in [3.8, 4) is 5.75 Å². The van der Waals surface area contributed by atoms with Crippen molar-refractivity contribution in [1.29, 1.82) is 0 Å². The predicted molar refractivity (Wildman–Crippen MR) is 112 cm³/mol. The molecule has 0 saturated carbocycles. The minimum absolute atomic E-state index is 0.0422. The Morgan fingerprint density at radius 1 is 0.889 bits per heavy atom. The van der Waals surface area contributed by atoms with Crippen molar-refractivity contribution < 1.29 is 14.3 Å². The SMILES string of the molecule is COc1ccc(C(=O)CC(=O)c2ccc(C(C)(C)C)cc2)cc1.[CH2]CCC. The van der Waals surface area contributed by atoms with Gasteiger partial charge in [-0.3, -0.25) is 9.59 Å². The third kappa shape index (κ3) is 7.38. The van der Waals surface area contributed by atoms with Crippen LogP contribution in [0, 0.1) is 6.92 Å². The Balaban J connectivity index is 0.000000828. The summed E-state index contributed by atoms with van der Waals surface area (Å²) in [5.41, 5.74) is 2.29. The number of benzene rings is 2. The highest BCUT2D eigenvalue weighted by molar-refractivity contribution is 6.13. The molecule has 145 valence electrons. The van der Waals surface area contributed by atoms with Crippen molar-refractivity contribution in [2.45, 2.75) is 52.4 Å². The van der Waals surface area contributed by atoms with Gasteiger partial charge in [-0.25, -0.2) is 0 Å². The molecule has 0 spiro atoms. The maximum Gasteiger partial charge on any atom is 0.170 e. The number of Topliss-reactive ketones (excluding diaryl/α,β-unsaturated/α-hetero) is 2. The van der Waals surface area contributed by atoms with E-state index in [0.29, 0.717) is 16.9 Å². The zero-order chi connectivity index (χ0) is 20.4. The molecule has 2 rings (SSSR count). The molecule has 0 atom stereocenters. The number of carbonyl (C=O) groups is 2. The van der Waals surface area contributed by atoms with Crippen LogP contribution in [-0.4, -0.2) is 18.7 Å². The molecule has 1 radical (unpaired) electrons. The summed E-state index contributed by atoms with van der Waals surface area (Å²) in [6, 6.07) is 14.3. The van der Waals surface area contributed by atoms with Gasteiger partial charge in [0.25, 0.3) is 0 Å². The number of unbranched alkanes of at least 4 members (excludes halogenated alkanes) is 1. The third-order valence-corrected chi connectivity index (χ3v) is 4.16. The van der Waals surface area contributed by atoms with Crippen molar-refractivity contribution in [1.82, 2.24) is 0 Å². The van der Waals surface area contributed by atoms with Crippen molar-refractivity contribution in [3.05, 3.63) is 72.1 Å². The van der Waals surface area contributed by atoms with Crippen LogP contribution in [0.15, 0.2) is 48.5 Å². The number of rotatable bonds is 6. The maximum absolute atomic E-state index is 12.3. The van der Waals surface area contributed by atoms with Crippen LogP contribution in [0.25, 0.3) is 0 Å². The van der Waals surface area contributed by atoms with E-state index in [-0.39, 0.29) is 23.4 Å².